The average Bonchev–Trinajstić information content (AvgIpc) is 3.67. The molecule has 3 aliphatic rings. The molecule has 3 atom stereocenters. The van der Waals surface area contributed by atoms with Gasteiger partial charge >= 0.3 is 5.97 Å². The zero-order valence-corrected chi connectivity index (χ0v) is 21.5. The van der Waals surface area contributed by atoms with Crippen molar-refractivity contribution in [2.75, 3.05) is 0 Å². The Bertz CT molecular complexity index is 1140. The van der Waals surface area contributed by atoms with Gasteiger partial charge in [0.1, 0.15) is 23.7 Å². The van der Waals surface area contributed by atoms with Crippen molar-refractivity contribution in [3.8, 4) is 11.3 Å². The van der Waals surface area contributed by atoms with Gasteiger partial charge in [0.15, 0.2) is 5.76 Å². The largest absolute Gasteiger partial charge is 0.451 e. The van der Waals surface area contributed by atoms with Crippen molar-refractivity contribution in [1.82, 2.24) is 10.6 Å². The molecule has 2 amide bonds. The van der Waals surface area contributed by atoms with Gasteiger partial charge < -0.3 is 24.5 Å². The van der Waals surface area contributed by atoms with Gasteiger partial charge in [-0.15, -0.1) is 0 Å². The third kappa shape index (κ3) is 6.62. The van der Waals surface area contributed by atoms with Crippen LogP contribution in [0.4, 0.5) is 4.39 Å². The van der Waals surface area contributed by atoms with Gasteiger partial charge in [-0.05, 0) is 49.4 Å². The molecule has 1 aromatic carbocycles. The summed E-state index contributed by atoms with van der Waals surface area (Å²) in [4.78, 5) is 38.7. The fourth-order valence-electron chi connectivity index (χ4n) is 5.75. The highest BCUT2D eigenvalue weighted by Gasteiger charge is 2.40. The molecule has 9 heteroatoms. The number of amides is 2. The molecule has 38 heavy (non-hydrogen) atoms. The van der Waals surface area contributed by atoms with Crippen LogP contribution in [0, 0.1) is 11.7 Å². The van der Waals surface area contributed by atoms with E-state index in [2.05, 4.69) is 10.6 Å². The number of hydrogen-bond acceptors (Lipinski definition) is 6. The molecule has 8 nitrogen and oxygen atoms in total. The number of nitrogens with one attached hydrogen (secondary N) is 2. The topological polar surface area (TPSA) is 107 Å². The molecule has 2 aromatic rings. The number of esters is 1. The Morgan fingerprint density at radius 2 is 1.79 bits per heavy atom. The number of cyclic esters (lactones) is 1. The zero-order chi connectivity index (χ0) is 26.5. The Kier molecular flexibility index (Phi) is 8.42. The van der Waals surface area contributed by atoms with Gasteiger partial charge in [0.25, 0.3) is 5.91 Å². The number of rotatable bonds is 9. The molecule has 2 unspecified atom stereocenters. The fourth-order valence-corrected chi connectivity index (χ4v) is 5.75. The Hall–Kier alpha value is -3.20. The van der Waals surface area contributed by atoms with Gasteiger partial charge in [0.05, 0.1) is 12.5 Å². The highest BCUT2D eigenvalue weighted by atomic mass is 19.1. The number of ether oxygens (including phenoxy) is 2. The van der Waals surface area contributed by atoms with Crippen molar-refractivity contribution in [3.63, 3.8) is 0 Å². The van der Waals surface area contributed by atoms with E-state index in [4.69, 9.17) is 13.9 Å². The molecule has 1 aromatic heterocycles. The summed E-state index contributed by atoms with van der Waals surface area (Å²) < 4.78 is 30.7. The Balaban J connectivity index is 1.27. The van der Waals surface area contributed by atoms with E-state index in [-0.39, 0.29) is 24.2 Å². The molecule has 5 rings (SSSR count). The van der Waals surface area contributed by atoms with Crippen molar-refractivity contribution in [3.05, 3.63) is 48.0 Å². The monoisotopic (exact) mass is 526 g/mol. The Morgan fingerprint density at radius 3 is 2.55 bits per heavy atom. The average molecular weight is 527 g/mol. The van der Waals surface area contributed by atoms with E-state index in [9.17, 15) is 18.8 Å². The first kappa shape index (κ1) is 26.4. The SMILES string of the molecule is O=C1CC(NC(=O)[C@H](CC2CCCCC2)NC(=O)c2ccc(-c3cccc(F)c3)o2)C(OC2CCCC2)O1. The van der Waals surface area contributed by atoms with Crippen LogP contribution in [0.1, 0.15) is 81.2 Å². The normalized spacial score (nSPS) is 23.2. The summed E-state index contributed by atoms with van der Waals surface area (Å²) in [6.07, 6.45) is 9.08. The van der Waals surface area contributed by atoms with Crippen molar-refractivity contribution in [2.24, 2.45) is 5.92 Å². The van der Waals surface area contributed by atoms with Crippen LogP contribution in [-0.2, 0) is 19.1 Å². The Labute approximate surface area is 221 Å². The van der Waals surface area contributed by atoms with Crippen LogP contribution in [0.25, 0.3) is 11.3 Å². The summed E-state index contributed by atoms with van der Waals surface area (Å²) in [5, 5.41) is 5.76. The maximum Gasteiger partial charge on any atom is 0.310 e. The number of halogens is 1. The van der Waals surface area contributed by atoms with E-state index >= 15 is 0 Å². The first-order valence-electron chi connectivity index (χ1n) is 13.8. The molecule has 1 aliphatic heterocycles. The van der Waals surface area contributed by atoms with Gasteiger partial charge in [-0.25, -0.2) is 4.39 Å². The van der Waals surface area contributed by atoms with Crippen LogP contribution in [0.2, 0.25) is 0 Å². The van der Waals surface area contributed by atoms with Gasteiger partial charge in [0, 0.05) is 5.56 Å². The van der Waals surface area contributed by atoms with E-state index in [1.807, 2.05) is 0 Å². The highest BCUT2D eigenvalue weighted by molar-refractivity contribution is 5.96. The third-order valence-electron chi connectivity index (χ3n) is 7.77. The molecule has 2 aliphatic carbocycles. The smallest absolute Gasteiger partial charge is 0.310 e. The second-order valence-electron chi connectivity index (χ2n) is 10.7. The van der Waals surface area contributed by atoms with E-state index in [0.29, 0.717) is 23.7 Å². The summed E-state index contributed by atoms with van der Waals surface area (Å²) in [5.41, 5.74) is 0.514. The molecule has 0 radical (unpaired) electrons. The molecule has 2 heterocycles. The third-order valence-corrected chi connectivity index (χ3v) is 7.77. The second kappa shape index (κ2) is 12.1. The van der Waals surface area contributed by atoms with Crippen LogP contribution >= 0.6 is 0 Å². The summed E-state index contributed by atoms with van der Waals surface area (Å²) in [5.74, 6) is -1.01. The number of benzene rings is 1. The predicted molar refractivity (Wildman–Crippen MR) is 136 cm³/mol. The van der Waals surface area contributed by atoms with Crippen LogP contribution in [0.5, 0.6) is 0 Å². The van der Waals surface area contributed by atoms with Crippen LogP contribution < -0.4 is 10.6 Å². The minimum atomic E-state index is -0.820. The molecule has 1 saturated heterocycles. The number of carbonyl (C=O) groups is 3. The van der Waals surface area contributed by atoms with Gasteiger partial charge in [-0.2, -0.15) is 0 Å². The molecule has 3 fully saturated rings. The highest BCUT2D eigenvalue weighted by Crippen LogP contribution is 2.29. The van der Waals surface area contributed by atoms with E-state index in [0.717, 1.165) is 51.4 Å². The van der Waals surface area contributed by atoms with E-state index in [1.54, 1.807) is 18.2 Å². The number of carbonyl (C=O) groups excluding carboxylic acids is 3. The van der Waals surface area contributed by atoms with Crippen LogP contribution in [0.3, 0.4) is 0 Å². The molecule has 0 spiro atoms. The minimum absolute atomic E-state index is 0.0225. The van der Waals surface area contributed by atoms with Crippen LogP contribution in [0.15, 0.2) is 40.8 Å². The molecular formula is C29H35FN2O6. The molecule has 2 N–H and O–H groups in total. The first-order chi connectivity index (χ1) is 18.4. The van der Waals surface area contributed by atoms with Crippen molar-refractivity contribution < 1.29 is 32.7 Å². The maximum atomic E-state index is 13.6. The predicted octanol–water partition coefficient (Wildman–Crippen LogP) is 4.87. The standard InChI is InChI=1S/C29H35FN2O6/c30-20-10-6-9-19(16-20)24-13-14-25(37-24)28(35)31-22(15-18-7-2-1-3-8-18)27(34)32-23-17-26(33)38-29(23)36-21-11-4-5-12-21/h6,9-10,13-14,16,18,21-23,29H,1-5,7-8,11-12,15,17H2,(H,31,35)(H,32,34)/t22-,23?,29?/m0/s1. The minimum Gasteiger partial charge on any atom is -0.451 e. The number of furan rings is 1. The lowest BCUT2D eigenvalue weighted by molar-refractivity contribution is -0.176. The molecular weight excluding hydrogens is 491 g/mol. The van der Waals surface area contributed by atoms with Gasteiger partial charge in [-0.3, -0.25) is 14.4 Å². The van der Waals surface area contributed by atoms with Gasteiger partial charge in [0.2, 0.25) is 12.2 Å². The quantitative estimate of drug-likeness (QED) is 0.452. The maximum absolute atomic E-state index is 13.6. The molecule has 0 bridgehead atoms. The summed E-state index contributed by atoms with van der Waals surface area (Å²) in [6, 6.07) is 7.62. The van der Waals surface area contributed by atoms with Crippen molar-refractivity contribution in [2.45, 2.75) is 95.1 Å². The van der Waals surface area contributed by atoms with Gasteiger partial charge in [-0.1, -0.05) is 57.1 Å². The zero-order valence-electron chi connectivity index (χ0n) is 21.5. The van der Waals surface area contributed by atoms with E-state index in [1.165, 1.54) is 24.6 Å². The first-order valence-corrected chi connectivity index (χ1v) is 13.8. The fraction of sp³-hybridized carbons (Fsp3) is 0.552. The van der Waals surface area contributed by atoms with Crippen LogP contribution in [-0.4, -0.2) is 42.3 Å². The summed E-state index contributed by atoms with van der Waals surface area (Å²) in [7, 11) is 0. The molecule has 2 saturated carbocycles. The lowest BCUT2D eigenvalue weighted by atomic mass is 9.84. The Morgan fingerprint density at radius 1 is 1.03 bits per heavy atom. The summed E-state index contributed by atoms with van der Waals surface area (Å²) >= 11 is 0. The van der Waals surface area contributed by atoms with E-state index < -0.39 is 36.1 Å². The van der Waals surface area contributed by atoms with Crippen molar-refractivity contribution >= 4 is 17.8 Å². The molecule has 204 valence electrons. The lowest BCUT2D eigenvalue weighted by Crippen LogP contribution is -2.52. The second-order valence-corrected chi connectivity index (χ2v) is 10.7. The number of hydrogen-bond donors (Lipinski definition) is 2. The lowest BCUT2D eigenvalue weighted by Gasteiger charge is -2.28. The summed E-state index contributed by atoms with van der Waals surface area (Å²) in [6.45, 7) is 0. The van der Waals surface area contributed by atoms with Crippen molar-refractivity contribution in [1.29, 1.82) is 0 Å².